The van der Waals surface area contributed by atoms with Crippen LogP contribution in [0.1, 0.15) is 200 Å². The van der Waals surface area contributed by atoms with Crippen LogP contribution in [0.15, 0.2) is 0 Å². The van der Waals surface area contributed by atoms with E-state index in [1.807, 2.05) is 0 Å². The van der Waals surface area contributed by atoms with Crippen LogP contribution in [0.5, 0.6) is 0 Å². The van der Waals surface area contributed by atoms with Gasteiger partial charge in [-0.2, -0.15) is 0 Å². The molecular formula is C41H78N2O8. The average molecular weight is 727 g/mol. The Morgan fingerprint density at radius 2 is 1.00 bits per heavy atom. The summed E-state index contributed by atoms with van der Waals surface area (Å²) in [5.41, 5.74) is 0. The highest BCUT2D eigenvalue weighted by atomic mass is 16.5. The molecule has 10 nitrogen and oxygen atoms in total. The Hall–Kier alpha value is -1.75. The predicted octanol–water partition coefficient (Wildman–Crippen LogP) is 8.18. The Morgan fingerprint density at radius 1 is 0.569 bits per heavy atom. The normalized spacial score (nSPS) is 20.4. The maximum absolute atomic E-state index is 13.8. The van der Waals surface area contributed by atoms with Gasteiger partial charge in [0.25, 0.3) is 0 Å². The molecule has 5 atom stereocenters. The topological polar surface area (TPSA) is 157 Å². The molecule has 0 spiro atoms. The first-order valence-electron chi connectivity index (χ1n) is 21.2. The molecule has 0 aromatic rings. The van der Waals surface area contributed by atoms with Crippen molar-refractivity contribution in [2.24, 2.45) is 0 Å². The molecule has 1 fully saturated rings. The first kappa shape index (κ1) is 47.3. The van der Waals surface area contributed by atoms with Crippen molar-refractivity contribution in [2.45, 2.75) is 231 Å². The summed E-state index contributed by atoms with van der Waals surface area (Å²) < 4.78 is 6.07. The molecule has 0 bridgehead atoms. The second-order valence-corrected chi connectivity index (χ2v) is 15.0. The van der Waals surface area contributed by atoms with Gasteiger partial charge in [-0.15, -0.1) is 0 Å². The van der Waals surface area contributed by atoms with Gasteiger partial charge in [0.2, 0.25) is 11.8 Å². The van der Waals surface area contributed by atoms with Crippen molar-refractivity contribution in [3.8, 4) is 0 Å². The third-order valence-corrected chi connectivity index (χ3v) is 10.4. The fourth-order valence-corrected chi connectivity index (χ4v) is 7.13. The molecule has 0 unspecified atom stereocenters. The molecule has 1 aliphatic heterocycles. The number of aliphatic hydroxyl groups excluding tert-OH is 3. The zero-order chi connectivity index (χ0) is 37.5. The minimum Gasteiger partial charge on any atom is -0.481 e. The van der Waals surface area contributed by atoms with Crippen molar-refractivity contribution in [2.75, 3.05) is 13.2 Å². The van der Waals surface area contributed by atoms with E-state index in [4.69, 9.17) is 9.84 Å². The van der Waals surface area contributed by atoms with Gasteiger partial charge in [-0.25, -0.2) is 0 Å². The number of nitrogens with zero attached hydrogens (tertiary/aromatic N) is 1. The van der Waals surface area contributed by atoms with Gasteiger partial charge >= 0.3 is 5.97 Å². The fourth-order valence-electron chi connectivity index (χ4n) is 7.13. The number of rotatable bonds is 34. The van der Waals surface area contributed by atoms with Gasteiger partial charge in [0.15, 0.2) is 6.23 Å². The van der Waals surface area contributed by atoms with Gasteiger partial charge in [-0.05, 0) is 19.3 Å². The third-order valence-electron chi connectivity index (χ3n) is 10.4. The smallest absolute Gasteiger partial charge is 0.303 e. The summed E-state index contributed by atoms with van der Waals surface area (Å²) in [5.74, 6) is -1.62. The van der Waals surface area contributed by atoms with Gasteiger partial charge in [-0.1, -0.05) is 162 Å². The van der Waals surface area contributed by atoms with Crippen molar-refractivity contribution in [1.29, 1.82) is 0 Å². The fraction of sp³-hybridized carbons (Fsp3) is 0.927. The number of ether oxygens (including phenoxy) is 1. The molecule has 1 heterocycles. The number of hydrogen-bond acceptors (Lipinski definition) is 7. The van der Waals surface area contributed by atoms with Gasteiger partial charge in [0.1, 0.15) is 24.4 Å². The van der Waals surface area contributed by atoms with Gasteiger partial charge in [0.05, 0.1) is 6.61 Å². The van der Waals surface area contributed by atoms with Crippen molar-refractivity contribution in [3.63, 3.8) is 0 Å². The highest BCUT2D eigenvalue weighted by Crippen LogP contribution is 2.26. The lowest BCUT2D eigenvalue weighted by atomic mass is 9.94. The SMILES string of the molecule is CCCCCCCCCCCCCCCCCCN(C(=O)CCCCCCCCCCC)[C@@H]1O[C@H](CO)[C@H](O)[C@H](O)[C@@H]1NC(=O)CCCC(=O)O. The predicted molar refractivity (Wildman–Crippen MR) is 204 cm³/mol. The minimum atomic E-state index is -1.47. The number of unbranched alkanes of at least 4 members (excludes halogenated alkanes) is 23. The molecule has 1 saturated heterocycles. The van der Waals surface area contributed by atoms with Crippen molar-refractivity contribution in [1.82, 2.24) is 10.2 Å². The Labute approximate surface area is 310 Å². The van der Waals surface area contributed by atoms with Gasteiger partial charge in [0, 0.05) is 25.8 Å². The van der Waals surface area contributed by atoms with Gasteiger partial charge in [-0.3, -0.25) is 14.4 Å². The number of carboxylic acids is 1. The van der Waals surface area contributed by atoms with E-state index >= 15 is 0 Å². The number of carbonyl (C=O) groups is 3. The molecular weight excluding hydrogens is 648 g/mol. The number of nitrogens with one attached hydrogen (secondary N) is 1. The molecule has 0 aromatic heterocycles. The van der Waals surface area contributed by atoms with E-state index in [0.29, 0.717) is 13.0 Å². The number of aliphatic carboxylic acids is 1. The molecule has 300 valence electrons. The summed E-state index contributed by atoms with van der Waals surface area (Å²) in [6, 6.07) is -1.12. The lowest BCUT2D eigenvalue weighted by Gasteiger charge is -2.47. The monoisotopic (exact) mass is 727 g/mol. The Morgan fingerprint density at radius 3 is 1.43 bits per heavy atom. The van der Waals surface area contributed by atoms with Crippen LogP contribution < -0.4 is 5.32 Å². The van der Waals surface area contributed by atoms with E-state index < -0.39 is 49.1 Å². The molecule has 0 aromatic carbocycles. The number of carboxylic acid groups (broad SMARTS) is 1. The molecule has 10 heteroatoms. The zero-order valence-electron chi connectivity index (χ0n) is 32.7. The van der Waals surface area contributed by atoms with E-state index in [2.05, 4.69) is 19.2 Å². The Balaban J connectivity index is 2.68. The second-order valence-electron chi connectivity index (χ2n) is 15.0. The standard InChI is InChI=1S/C41H78N2O8/c1-3-5-7-9-11-13-14-15-16-17-18-19-21-23-25-27-32-43(36(46)30-26-24-22-20-12-10-8-6-4-2)41-38(40(50)39(49)34(33-44)51-41)42-35(45)29-28-31-37(47)48/h34,38-41,44,49-50H,3-33H2,1-2H3,(H,42,45)(H,47,48)/t34-,38+,39+,40-,41-/m1/s1. The quantitative estimate of drug-likeness (QED) is 0.0416. The summed E-state index contributed by atoms with van der Waals surface area (Å²) in [4.78, 5) is 39.1. The van der Waals surface area contributed by atoms with E-state index in [9.17, 15) is 29.7 Å². The molecule has 51 heavy (non-hydrogen) atoms. The van der Waals surface area contributed by atoms with Crippen LogP contribution in [0.25, 0.3) is 0 Å². The van der Waals surface area contributed by atoms with E-state index in [-0.39, 0.29) is 25.2 Å². The molecule has 5 N–H and O–H groups in total. The summed E-state index contributed by atoms with van der Waals surface area (Å²) in [6.45, 7) is 4.30. The highest BCUT2D eigenvalue weighted by Gasteiger charge is 2.48. The molecule has 0 aliphatic carbocycles. The van der Waals surface area contributed by atoms with Crippen LogP contribution in [0.2, 0.25) is 0 Å². The number of amides is 2. The molecule has 1 rings (SSSR count). The molecule has 0 radical (unpaired) electrons. The lowest BCUT2D eigenvalue weighted by molar-refractivity contribution is -0.231. The van der Waals surface area contributed by atoms with Crippen LogP contribution in [-0.4, -0.2) is 86.8 Å². The average Bonchev–Trinajstić information content (AvgIpc) is 3.11. The number of aliphatic hydroxyl groups is 3. The first-order valence-corrected chi connectivity index (χ1v) is 21.2. The molecule has 1 aliphatic rings. The summed E-state index contributed by atoms with van der Waals surface area (Å²) >= 11 is 0. The zero-order valence-corrected chi connectivity index (χ0v) is 32.7. The van der Waals surface area contributed by atoms with Crippen LogP contribution >= 0.6 is 0 Å². The number of carbonyl (C=O) groups excluding carboxylic acids is 2. The van der Waals surface area contributed by atoms with Crippen molar-refractivity contribution >= 4 is 17.8 Å². The molecule has 2 amide bonds. The summed E-state index contributed by atoms with van der Waals surface area (Å²) in [5, 5.41) is 43.3. The maximum Gasteiger partial charge on any atom is 0.303 e. The first-order chi connectivity index (χ1) is 24.8. The minimum absolute atomic E-state index is 0.0761. The largest absolute Gasteiger partial charge is 0.481 e. The van der Waals surface area contributed by atoms with Crippen LogP contribution in [0.3, 0.4) is 0 Å². The summed E-state index contributed by atoms with van der Waals surface area (Å²) in [6.07, 6.45) is 25.1. The van der Waals surface area contributed by atoms with Crippen molar-refractivity contribution in [3.05, 3.63) is 0 Å². The van der Waals surface area contributed by atoms with E-state index in [0.717, 1.165) is 51.4 Å². The van der Waals surface area contributed by atoms with Crippen LogP contribution in [-0.2, 0) is 19.1 Å². The third kappa shape index (κ3) is 22.8. The highest BCUT2D eigenvalue weighted by molar-refractivity contribution is 5.78. The van der Waals surface area contributed by atoms with Crippen molar-refractivity contribution < 1.29 is 39.5 Å². The van der Waals surface area contributed by atoms with Gasteiger partial charge < -0.3 is 35.4 Å². The summed E-state index contributed by atoms with van der Waals surface area (Å²) in [7, 11) is 0. The van der Waals surface area contributed by atoms with E-state index in [1.54, 1.807) is 4.90 Å². The van der Waals surface area contributed by atoms with E-state index in [1.165, 1.54) is 109 Å². The molecule has 0 saturated carbocycles. The van der Waals surface area contributed by atoms with Crippen LogP contribution in [0, 0.1) is 0 Å². The Bertz CT molecular complexity index is 875. The lowest BCUT2D eigenvalue weighted by Crippen LogP contribution is -2.68. The number of hydrogen-bond donors (Lipinski definition) is 5. The Kier molecular flexibility index (Phi) is 29.4. The van der Waals surface area contributed by atoms with Crippen LogP contribution in [0.4, 0.5) is 0 Å². The second kappa shape index (κ2) is 31.7. The maximum atomic E-state index is 13.8.